The Balaban J connectivity index is 3.41. The number of carboxylic acids is 1. The first kappa shape index (κ1) is 16.0. The average molecular weight is 267 g/mol. The molecule has 2 unspecified atom stereocenters. The fourth-order valence-electron chi connectivity index (χ4n) is 3.71. The van der Waals surface area contributed by atoms with E-state index in [2.05, 4.69) is 6.07 Å². The van der Waals surface area contributed by atoms with Gasteiger partial charge in [0.1, 0.15) is 0 Å². The second kappa shape index (κ2) is 5.13. The normalized spacial score (nSPS) is 29.5. The number of carboxylic acid groups (broad SMARTS) is 1. The zero-order valence-electron chi connectivity index (χ0n) is 12.6. The highest BCUT2D eigenvalue weighted by molar-refractivity contribution is 5.79. The molecule has 0 radical (unpaired) electrons. The Kier molecular flexibility index (Phi) is 4.31. The molecule has 108 valence electrons. The molecule has 0 saturated carbocycles. The van der Waals surface area contributed by atoms with Crippen molar-refractivity contribution >= 4 is 5.97 Å². The molecule has 0 bridgehead atoms. The van der Waals surface area contributed by atoms with E-state index in [1.165, 1.54) is 0 Å². The van der Waals surface area contributed by atoms with Gasteiger partial charge in [-0.2, -0.15) is 5.26 Å². The van der Waals surface area contributed by atoms with Crippen molar-refractivity contribution in [2.75, 3.05) is 6.61 Å². The van der Waals surface area contributed by atoms with Crippen LogP contribution in [0.25, 0.3) is 0 Å². The summed E-state index contributed by atoms with van der Waals surface area (Å²) in [7, 11) is 0. The molecule has 0 amide bonds. The van der Waals surface area contributed by atoms with Crippen molar-refractivity contribution in [1.82, 2.24) is 0 Å². The molecular weight excluding hydrogens is 242 g/mol. The molecule has 0 aromatic rings. The van der Waals surface area contributed by atoms with Crippen LogP contribution in [0, 0.1) is 28.1 Å². The van der Waals surface area contributed by atoms with Gasteiger partial charge in [0.25, 0.3) is 0 Å². The van der Waals surface area contributed by atoms with Crippen LogP contribution in [0.1, 0.15) is 53.9 Å². The number of ether oxygens (including phenoxy) is 1. The maximum Gasteiger partial charge on any atom is 0.324 e. The van der Waals surface area contributed by atoms with Gasteiger partial charge in [0.05, 0.1) is 11.7 Å². The van der Waals surface area contributed by atoms with Crippen LogP contribution in [-0.2, 0) is 9.53 Å². The van der Waals surface area contributed by atoms with Crippen LogP contribution in [0.5, 0.6) is 0 Å². The van der Waals surface area contributed by atoms with Crippen molar-refractivity contribution in [1.29, 1.82) is 5.26 Å². The average Bonchev–Trinajstić information content (AvgIpc) is 2.29. The zero-order valence-corrected chi connectivity index (χ0v) is 12.6. The summed E-state index contributed by atoms with van der Waals surface area (Å²) in [5.74, 6) is -0.879. The summed E-state index contributed by atoms with van der Waals surface area (Å²) < 4.78 is 5.73. The summed E-state index contributed by atoms with van der Waals surface area (Å²) in [5.41, 5.74) is -2.25. The molecule has 0 aromatic carbocycles. The molecule has 1 saturated heterocycles. The molecule has 1 aliphatic heterocycles. The molecule has 0 spiro atoms. The van der Waals surface area contributed by atoms with E-state index in [1.54, 1.807) is 6.92 Å². The lowest BCUT2D eigenvalue weighted by molar-refractivity contribution is -0.180. The molecule has 1 aliphatic rings. The highest BCUT2D eigenvalue weighted by Gasteiger charge is 2.60. The summed E-state index contributed by atoms with van der Waals surface area (Å²) in [5, 5.41) is 19.3. The predicted molar refractivity (Wildman–Crippen MR) is 72.5 cm³/mol. The Morgan fingerprint density at radius 3 is 2.42 bits per heavy atom. The van der Waals surface area contributed by atoms with Gasteiger partial charge in [0, 0.05) is 12.0 Å². The monoisotopic (exact) mass is 267 g/mol. The molecule has 0 aromatic heterocycles. The van der Waals surface area contributed by atoms with Crippen LogP contribution in [0.15, 0.2) is 0 Å². The molecule has 1 rings (SSSR count). The van der Waals surface area contributed by atoms with Crippen molar-refractivity contribution in [3.05, 3.63) is 0 Å². The highest BCUT2D eigenvalue weighted by Crippen LogP contribution is 2.57. The predicted octanol–water partition coefficient (Wildman–Crippen LogP) is 3.22. The Labute approximate surface area is 115 Å². The third kappa shape index (κ3) is 2.36. The van der Waals surface area contributed by atoms with E-state index in [9.17, 15) is 15.2 Å². The zero-order chi connectivity index (χ0) is 14.9. The Bertz CT molecular complexity index is 397. The molecule has 1 heterocycles. The van der Waals surface area contributed by atoms with Gasteiger partial charge >= 0.3 is 5.97 Å². The van der Waals surface area contributed by atoms with Crippen molar-refractivity contribution in [2.45, 2.75) is 59.5 Å². The summed E-state index contributed by atoms with van der Waals surface area (Å²) in [6.45, 7) is 10.3. The lowest BCUT2D eigenvalue weighted by atomic mass is 9.52. The lowest BCUT2D eigenvalue weighted by Gasteiger charge is -2.53. The van der Waals surface area contributed by atoms with Crippen molar-refractivity contribution in [3.63, 3.8) is 0 Å². The maximum atomic E-state index is 11.8. The van der Waals surface area contributed by atoms with Gasteiger partial charge in [-0.1, -0.05) is 20.8 Å². The van der Waals surface area contributed by atoms with Crippen molar-refractivity contribution < 1.29 is 14.6 Å². The Morgan fingerprint density at radius 1 is 1.53 bits per heavy atom. The third-order valence-electron chi connectivity index (χ3n) is 4.82. The van der Waals surface area contributed by atoms with E-state index >= 15 is 0 Å². The Morgan fingerprint density at radius 2 is 2.11 bits per heavy atom. The second-order valence-electron chi connectivity index (χ2n) is 6.52. The van der Waals surface area contributed by atoms with E-state index in [0.29, 0.717) is 25.9 Å². The first-order chi connectivity index (χ1) is 8.67. The second-order valence-corrected chi connectivity index (χ2v) is 6.52. The van der Waals surface area contributed by atoms with E-state index in [1.807, 2.05) is 27.7 Å². The van der Waals surface area contributed by atoms with Crippen LogP contribution < -0.4 is 0 Å². The first-order valence-electron chi connectivity index (χ1n) is 6.96. The minimum atomic E-state index is -1.33. The number of nitrogens with zero attached hydrogens (tertiary/aromatic N) is 1. The van der Waals surface area contributed by atoms with E-state index < -0.39 is 16.8 Å². The summed E-state index contributed by atoms with van der Waals surface area (Å²) in [6.07, 6.45) is 1.56. The molecule has 2 atom stereocenters. The minimum absolute atomic E-state index is 0.117. The van der Waals surface area contributed by atoms with Gasteiger partial charge in [-0.25, -0.2) is 0 Å². The summed E-state index contributed by atoms with van der Waals surface area (Å²) in [6, 6.07) is 2.14. The number of hydrogen-bond acceptors (Lipinski definition) is 3. The first-order valence-corrected chi connectivity index (χ1v) is 6.96. The summed E-state index contributed by atoms with van der Waals surface area (Å²) in [4.78, 5) is 11.8. The van der Waals surface area contributed by atoms with E-state index in [-0.39, 0.29) is 11.5 Å². The van der Waals surface area contributed by atoms with Crippen molar-refractivity contribution in [3.8, 4) is 6.07 Å². The van der Waals surface area contributed by atoms with Gasteiger partial charge in [0.2, 0.25) is 0 Å². The number of hydrogen-bond donors (Lipinski definition) is 1. The van der Waals surface area contributed by atoms with Crippen LogP contribution >= 0.6 is 0 Å². The highest BCUT2D eigenvalue weighted by atomic mass is 16.5. The number of nitriles is 1. The van der Waals surface area contributed by atoms with Crippen LogP contribution in [0.3, 0.4) is 0 Å². The molecule has 1 N–H and O–H groups in total. The van der Waals surface area contributed by atoms with Crippen LogP contribution in [-0.4, -0.2) is 23.3 Å². The van der Waals surface area contributed by atoms with Crippen molar-refractivity contribution in [2.24, 2.45) is 16.7 Å². The van der Waals surface area contributed by atoms with Gasteiger partial charge in [0.15, 0.2) is 5.41 Å². The number of rotatable bonds is 4. The van der Waals surface area contributed by atoms with E-state index in [0.717, 1.165) is 0 Å². The van der Waals surface area contributed by atoms with Gasteiger partial charge < -0.3 is 9.84 Å². The standard InChI is InChI=1S/C15H25NO3/c1-6-14(10-16,12(17)18)15(11(2)3)7-8-19-13(4,5)9-15/h11H,6-9H2,1-5H3,(H,17,18). The SMILES string of the molecule is CCC(C#N)(C(=O)O)C1(C(C)C)CCOC(C)(C)C1. The largest absolute Gasteiger partial charge is 0.480 e. The molecular formula is C15H25NO3. The quantitative estimate of drug-likeness (QED) is 0.849. The smallest absolute Gasteiger partial charge is 0.324 e. The third-order valence-corrected chi connectivity index (χ3v) is 4.82. The Hall–Kier alpha value is -1.08. The maximum absolute atomic E-state index is 11.8. The fourth-order valence-corrected chi connectivity index (χ4v) is 3.71. The fraction of sp³-hybridized carbons (Fsp3) is 0.867. The molecule has 4 nitrogen and oxygen atoms in total. The van der Waals surface area contributed by atoms with Gasteiger partial charge in [-0.3, -0.25) is 4.79 Å². The minimum Gasteiger partial charge on any atom is -0.480 e. The van der Waals surface area contributed by atoms with Crippen LogP contribution in [0.2, 0.25) is 0 Å². The molecule has 19 heavy (non-hydrogen) atoms. The topological polar surface area (TPSA) is 70.3 Å². The molecule has 1 fully saturated rings. The van der Waals surface area contributed by atoms with E-state index in [4.69, 9.17) is 4.74 Å². The van der Waals surface area contributed by atoms with Crippen LogP contribution in [0.4, 0.5) is 0 Å². The number of aliphatic carboxylic acids is 1. The molecule has 0 aliphatic carbocycles. The molecule has 4 heteroatoms. The van der Waals surface area contributed by atoms with Gasteiger partial charge in [-0.05, 0) is 39.0 Å². The summed E-state index contributed by atoms with van der Waals surface area (Å²) >= 11 is 0. The number of carbonyl (C=O) groups is 1. The lowest BCUT2D eigenvalue weighted by Crippen LogP contribution is -2.56. The van der Waals surface area contributed by atoms with Gasteiger partial charge in [-0.15, -0.1) is 0 Å².